The smallest absolute Gasteiger partial charge is 0.230 e. The van der Waals surface area contributed by atoms with E-state index in [0.29, 0.717) is 154 Å². The lowest BCUT2D eigenvalue weighted by Gasteiger charge is -2.25. The minimum absolute atomic E-state index is 0.0220. The lowest BCUT2D eigenvalue weighted by atomic mass is 10.1. The molecule has 0 bridgehead atoms. The Labute approximate surface area is 407 Å². The fraction of sp³-hybridized carbons (Fsp3) is 0.347. The van der Waals surface area contributed by atoms with Crippen molar-refractivity contribution in [2.75, 3.05) is 72.8 Å². The molecule has 0 spiro atoms. The molecule has 0 radical (unpaired) electrons. The van der Waals surface area contributed by atoms with E-state index in [4.69, 9.17) is 80.8 Å². The number of rotatable bonds is 22. The Morgan fingerprint density at radius 3 is 1.65 bits per heavy atom. The number of anilines is 1. The van der Waals surface area contributed by atoms with Crippen LogP contribution in [0.2, 0.25) is 10.0 Å². The molecule has 0 unspecified atom stereocenters. The van der Waals surface area contributed by atoms with Crippen molar-refractivity contribution in [3.63, 3.8) is 0 Å². The van der Waals surface area contributed by atoms with E-state index >= 15 is 0 Å². The number of carbonyl (C=O) groups is 1. The molecular weight excluding hydrogens is 935 g/mol. The average Bonchev–Trinajstić information content (AvgIpc) is 3.72. The van der Waals surface area contributed by atoms with Gasteiger partial charge in [-0.25, -0.2) is 19.9 Å². The topological polar surface area (TPSA) is 213 Å². The van der Waals surface area contributed by atoms with Gasteiger partial charge in [0, 0.05) is 48.6 Å². The lowest BCUT2D eigenvalue weighted by molar-refractivity contribution is -0.130. The number of hydrogen-bond acceptors (Lipinski definition) is 18. The van der Waals surface area contributed by atoms with Crippen LogP contribution in [0.15, 0.2) is 83.9 Å². The summed E-state index contributed by atoms with van der Waals surface area (Å²) in [5.74, 6) is 4.60. The van der Waals surface area contributed by atoms with Crippen LogP contribution in [0, 0.1) is 6.92 Å². The third-order valence-electron chi connectivity index (χ3n) is 10.7. The van der Waals surface area contributed by atoms with E-state index in [9.17, 15) is 4.79 Å². The number of hydrogen-bond donors (Lipinski definition) is 1. The van der Waals surface area contributed by atoms with Crippen LogP contribution in [0.1, 0.15) is 29.9 Å². The van der Waals surface area contributed by atoms with Crippen LogP contribution in [-0.2, 0) is 36.6 Å². The molecular formula is C49H50Cl2N6O12. The predicted molar refractivity (Wildman–Crippen MR) is 255 cm³/mol. The Hall–Kier alpha value is -6.54. The van der Waals surface area contributed by atoms with E-state index in [-0.39, 0.29) is 30.8 Å². The number of ketones is 1. The number of aryl methyl sites for hydroxylation is 1. The van der Waals surface area contributed by atoms with Crippen molar-refractivity contribution in [3.8, 4) is 46.3 Å². The first-order chi connectivity index (χ1) is 33.6. The first kappa shape index (κ1) is 48.9. The van der Waals surface area contributed by atoms with E-state index in [1.807, 2.05) is 0 Å². The van der Waals surface area contributed by atoms with Crippen LogP contribution in [0.4, 0.5) is 5.69 Å². The second-order valence-electron chi connectivity index (χ2n) is 15.8. The maximum atomic E-state index is 12.5. The second-order valence-corrected chi connectivity index (χ2v) is 16.6. The average molecular weight is 986 g/mol. The van der Waals surface area contributed by atoms with Crippen molar-refractivity contribution in [2.24, 2.45) is 0 Å². The minimum Gasteiger partial charge on any atom is -0.493 e. The molecule has 0 amide bonds. The number of nitrogen functional groups attached to an aromatic ring is 1. The van der Waals surface area contributed by atoms with Gasteiger partial charge in [-0.15, -0.1) is 0 Å². The van der Waals surface area contributed by atoms with Gasteiger partial charge in [-0.3, -0.25) is 4.79 Å². The third-order valence-corrected chi connectivity index (χ3v) is 11.3. The summed E-state index contributed by atoms with van der Waals surface area (Å²) in [6, 6.07) is 19.1. The molecule has 18 nitrogen and oxygen atoms in total. The fourth-order valence-corrected chi connectivity index (χ4v) is 7.31. The summed E-state index contributed by atoms with van der Waals surface area (Å²) in [5, 5.41) is 6.02. The van der Waals surface area contributed by atoms with Gasteiger partial charge in [-0.2, -0.15) is 0 Å². The molecule has 2 fully saturated rings. The van der Waals surface area contributed by atoms with Crippen LogP contribution >= 0.6 is 23.2 Å². The summed E-state index contributed by atoms with van der Waals surface area (Å²) >= 11 is 12.6. The first-order valence-electron chi connectivity index (χ1n) is 22.0. The molecule has 69 heavy (non-hydrogen) atoms. The minimum atomic E-state index is -0.0220. The Bertz CT molecular complexity index is 2860. The van der Waals surface area contributed by atoms with Crippen LogP contribution in [0.3, 0.4) is 0 Å². The van der Waals surface area contributed by atoms with Crippen LogP contribution in [-0.4, -0.2) is 110 Å². The number of benzene rings is 4. The van der Waals surface area contributed by atoms with Crippen LogP contribution < -0.4 is 34.2 Å². The van der Waals surface area contributed by atoms with Gasteiger partial charge in [-0.1, -0.05) is 34.4 Å². The Morgan fingerprint density at radius 2 is 1.19 bits per heavy atom. The van der Waals surface area contributed by atoms with Gasteiger partial charge in [0.05, 0.1) is 112 Å². The molecule has 0 aliphatic carbocycles. The molecule has 2 aliphatic heterocycles. The maximum Gasteiger partial charge on any atom is 0.230 e. The number of carbonyl (C=O) groups excluding carboxylic acids is 1. The molecule has 3 aromatic heterocycles. The number of ether oxygens (including phenoxy) is 10. The SMILES string of the molecule is COc1cc2c(Oc3ccc(CC(=O)Cc4cc(C)on4)c(Cl)c3)ncnc2cc1OCCCOC1COC1.COc1cc2c(Oc3ccc(N)c(Cl)c3)ncnc2cc1OCCCOC1COC1. The van der Waals surface area contributed by atoms with Crippen molar-refractivity contribution in [2.45, 2.75) is 44.8 Å². The first-order valence-corrected chi connectivity index (χ1v) is 22.8. The second kappa shape index (κ2) is 23.7. The van der Waals surface area contributed by atoms with Gasteiger partial charge in [0.15, 0.2) is 23.0 Å². The number of nitrogens with two attached hydrogens (primary N) is 1. The molecule has 7 aromatic rings. The number of methoxy groups -OCH3 is 2. The van der Waals surface area contributed by atoms with Gasteiger partial charge in [0.2, 0.25) is 11.8 Å². The zero-order valence-corrected chi connectivity index (χ0v) is 39.6. The predicted octanol–water partition coefficient (Wildman–Crippen LogP) is 8.77. The molecule has 2 aliphatic rings. The highest BCUT2D eigenvalue weighted by molar-refractivity contribution is 6.33. The van der Waals surface area contributed by atoms with E-state index in [1.54, 1.807) is 87.9 Å². The molecule has 362 valence electrons. The molecule has 0 atom stereocenters. The summed E-state index contributed by atoms with van der Waals surface area (Å²) < 4.78 is 61.3. The molecule has 9 rings (SSSR count). The van der Waals surface area contributed by atoms with Crippen LogP contribution in [0.5, 0.6) is 46.3 Å². The summed E-state index contributed by atoms with van der Waals surface area (Å²) in [4.78, 5) is 29.7. The van der Waals surface area contributed by atoms with Gasteiger partial charge < -0.3 is 57.6 Å². The fourth-order valence-electron chi connectivity index (χ4n) is 6.90. The third kappa shape index (κ3) is 13.2. The van der Waals surface area contributed by atoms with Crippen molar-refractivity contribution < 1.29 is 56.7 Å². The zero-order chi connectivity index (χ0) is 48.1. The summed E-state index contributed by atoms with van der Waals surface area (Å²) in [7, 11) is 3.15. The van der Waals surface area contributed by atoms with Gasteiger partial charge in [0.25, 0.3) is 0 Å². The normalized spacial score (nSPS) is 13.5. The van der Waals surface area contributed by atoms with E-state index < -0.39 is 0 Å². The largest absolute Gasteiger partial charge is 0.493 e. The van der Waals surface area contributed by atoms with Gasteiger partial charge >= 0.3 is 0 Å². The number of aromatic nitrogens is 5. The van der Waals surface area contributed by atoms with Crippen molar-refractivity contribution in [1.29, 1.82) is 0 Å². The molecule has 20 heteroatoms. The quantitative estimate of drug-likeness (QED) is 0.0496. The zero-order valence-electron chi connectivity index (χ0n) is 38.1. The maximum absolute atomic E-state index is 12.5. The van der Waals surface area contributed by atoms with E-state index in [2.05, 4.69) is 25.1 Å². The highest BCUT2D eigenvalue weighted by atomic mass is 35.5. The standard InChI is InChI=1S/C28H28ClN3O7.C21H22ClN3O5/c1-17-8-19(32-39-17)10-20(33)9-18-4-5-21(11-24(18)29)38-28-23-12-26(34-2)27(13-25(23)30-16-31-28)37-7-3-6-36-22-14-35-15-22;1-26-19-8-15-18(9-20(19)29-6-2-5-28-14-10-27-11-14)24-12-25-21(15)30-13-3-4-17(23)16(22)7-13/h4-5,8,11-13,16,22H,3,6-7,9-10,14-15H2,1-2H3;3-4,7-9,12,14H,2,5-6,10-11,23H2,1H3. The highest BCUT2D eigenvalue weighted by Crippen LogP contribution is 2.38. The van der Waals surface area contributed by atoms with Crippen molar-refractivity contribution in [1.82, 2.24) is 25.1 Å². The monoisotopic (exact) mass is 984 g/mol. The highest BCUT2D eigenvalue weighted by Gasteiger charge is 2.21. The van der Waals surface area contributed by atoms with E-state index in [1.165, 1.54) is 12.7 Å². The summed E-state index contributed by atoms with van der Waals surface area (Å²) in [6.45, 7) is 6.62. The van der Waals surface area contributed by atoms with Crippen LogP contribution in [0.25, 0.3) is 21.8 Å². The molecule has 4 aromatic carbocycles. The molecule has 5 heterocycles. The molecule has 0 saturated carbocycles. The number of halogens is 2. The van der Waals surface area contributed by atoms with E-state index in [0.717, 1.165) is 12.8 Å². The lowest BCUT2D eigenvalue weighted by Crippen LogP contribution is -2.36. The van der Waals surface area contributed by atoms with Gasteiger partial charge in [-0.05, 0) is 48.9 Å². The number of fused-ring (bicyclic) bond motifs is 2. The summed E-state index contributed by atoms with van der Waals surface area (Å²) in [5.41, 5.74) is 8.82. The Kier molecular flexibility index (Phi) is 16.8. The number of Topliss-reactive ketones (excluding diaryl/α,β-unsaturated/α-hetero) is 1. The Morgan fingerprint density at radius 1 is 0.652 bits per heavy atom. The van der Waals surface area contributed by atoms with Crippen molar-refractivity contribution >= 4 is 56.5 Å². The number of nitrogens with zero attached hydrogens (tertiary/aromatic N) is 5. The molecule has 2 saturated heterocycles. The van der Waals surface area contributed by atoms with Crippen molar-refractivity contribution in [3.05, 3.63) is 106 Å². The molecule has 2 N–H and O–H groups in total. The van der Waals surface area contributed by atoms with Gasteiger partial charge in [0.1, 0.15) is 47.9 Å². The Balaban J connectivity index is 0.000000192. The summed E-state index contributed by atoms with van der Waals surface area (Å²) in [6.07, 6.45) is 5.10.